The molecule has 3 fully saturated rings. The molecule has 8 nitrogen and oxygen atoms in total. The van der Waals surface area contributed by atoms with Gasteiger partial charge >= 0.3 is 11.9 Å². The van der Waals surface area contributed by atoms with Gasteiger partial charge in [-0.05, 0) is 49.6 Å². The highest BCUT2D eigenvalue weighted by molar-refractivity contribution is 5.89. The molecule has 150 valence electrons. The van der Waals surface area contributed by atoms with Gasteiger partial charge in [0.1, 0.15) is 0 Å². The van der Waals surface area contributed by atoms with E-state index in [-0.39, 0.29) is 16.0 Å². The number of rotatable bonds is 4. The summed E-state index contributed by atoms with van der Waals surface area (Å²) < 4.78 is 0. The summed E-state index contributed by atoms with van der Waals surface area (Å²) in [6.45, 7) is 2.31. The van der Waals surface area contributed by atoms with Crippen molar-refractivity contribution in [3.8, 4) is 0 Å². The Labute approximate surface area is 162 Å². The van der Waals surface area contributed by atoms with Crippen LogP contribution in [0.15, 0.2) is 36.4 Å². The largest absolute Gasteiger partial charge is 0.478 e. The van der Waals surface area contributed by atoms with Crippen LogP contribution in [0.2, 0.25) is 0 Å². The van der Waals surface area contributed by atoms with E-state index in [2.05, 4.69) is 11.9 Å². The molecule has 2 aliphatic carbocycles. The molecule has 2 N–H and O–H groups in total. The van der Waals surface area contributed by atoms with Gasteiger partial charge in [0.15, 0.2) is 0 Å². The Morgan fingerprint density at radius 3 is 2.32 bits per heavy atom. The summed E-state index contributed by atoms with van der Waals surface area (Å²) in [5.74, 6) is -0.100. The number of nitrogens with zero attached hydrogens (tertiary/aromatic N) is 2. The fourth-order valence-electron chi connectivity index (χ4n) is 5.56. The van der Waals surface area contributed by atoms with Crippen molar-refractivity contribution in [2.24, 2.45) is 17.8 Å². The molecule has 0 amide bonds. The van der Waals surface area contributed by atoms with Gasteiger partial charge in [0.2, 0.25) is 0 Å². The highest BCUT2D eigenvalue weighted by Crippen LogP contribution is 2.63. The van der Waals surface area contributed by atoms with Crippen molar-refractivity contribution in [2.45, 2.75) is 24.7 Å². The molecule has 1 aromatic carbocycles. The Morgan fingerprint density at radius 2 is 1.79 bits per heavy atom. The molecule has 0 aromatic heterocycles. The van der Waals surface area contributed by atoms with Crippen LogP contribution < -0.4 is 0 Å². The van der Waals surface area contributed by atoms with Crippen LogP contribution in [-0.2, 0) is 15.0 Å². The maximum Gasteiger partial charge on any atom is 0.328 e. The van der Waals surface area contributed by atoms with Crippen LogP contribution >= 0.6 is 0 Å². The standard InChI is InChI=1S/C16H20N2O2.C4H4O4/c1-17-9-15-11-2-3-13(8-11)16(15,10-17)12-4-6-14(7-5-12)18(19)20;5-3(6)1-2-4(7)8/h4-7,11,13,15H,2-3,8-10H2,1H3;1-2H,(H,5,6)(H,7,8)/b;2-1+. The smallest absolute Gasteiger partial charge is 0.328 e. The van der Waals surface area contributed by atoms with E-state index in [1.807, 2.05) is 12.1 Å². The monoisotopic (exact) mass is 388 g/mol. The summed E-state index contributed by atoms with van der Waals surface area (Å²) in [6.07, 6.45) is 5.21. The average Bonchev–Trinajstić information content (AvgIpc) is 3.32. The van der Waals surface area contributed by atoms with E-state index in [9.17, 15) is 19.7 Å². The minimum absolute atomic E-state index is 0.205. The quantitative estimate of drug-likeness (QED) is 0.462. The van der Waals surface area contributed by atoms with Gasteiger partial charge in [0, 0.05) is 42.8 Å². The number of benzene rings is 1. The summed E-state index contributed by atoms with van der Waals surface area (Å²) in [6, 6.07) is 7.41. The van der Waals surface area contributed by atoms with E-state index in [4.69, 9.17) is 10.2 Å². The van der Waals surface area contributed by atoms with E-state index in [1.54, 1.807) is 12.1 Å². The van der Waals surface area contributed by atoms with Crippen molar-refractivity contribution >= 4 is 17.6 Å². The predicted octanol–water partition coefficient (Wildman–Crippen LogP) is 2.54. The first-order chi connectivity index (χ1) is 13.2. The highest BCUT2D eigenvalue weighted by atomic mass is 16.6. The number of hydrogen-bond donors (Lipinski definition) is 2. The van der Waals surface area contributed by atoms with Gasteiger partial charge in [0.25, 0.3) is 5.69 Å². The summed E-state index contributed by atoms with van der Waals surface area (Å²) in [4.78, 5) is 32.1. The fourth-order valence-corrected chi connectivity index (χ4v) is 5.56. The number of carboxylic acids is 2. The molecule has 8 heteroatoms. The fraction of sp³-hybridized carbons (Fsp3) is 0.500. The lowest BCUT2D eigenvalue weighted by atomic mass is 9.64. The number of non-ortho nitro benzene ring substituents is 1. The van der Waals surface area contributed by atoms with Gasteiger partial charge in [0.05, 0.1) is 4.92 Å². The molecule has 1 aliphatic heterocycles. The summed E-state index contributed by atoms with van der Waals surface area (Å²) in [5, 5.41) is 26.5. The molecule has 2 saturated carbocycles. The Hall–Kier alpha value is -2.74. The first-order valence-corrected chi connectivity index (χ1v) is 9.31. The number of likely N-dealkylation sites (N-methyl/N-ethyl adjacent to an activating group) is 1. The van der Waals surface area contributed by atoms with Crippen LogP contribution in [0, 0.1) is 27.9 Å². The number of hydrogen-bond acceptors (Lipinski definition) is 5. The molecule has 4 unspecified atom stereocenters. The van der Waals surface area contributed by atoms with Crippen molar-refractivity contribution in [1.29, 1.82) is 0 Å². The zero-order valence-corrected chi connectivity index (χ0v) is 15.7. The third-order valence-electron chi connectivity index (χ3n) is 6.46. The minimum atomic E-state index is -1.26. The van der Waals surface area contributed by atoms with E-state index in [1.165, 1.54) is 31.4 Å². The Morgan fingerprint density at radius 1 is 1.18 bits per heavy atom. The topological polar surface area (TPSA) is 121 Å². The number of carboxylic acid groups (broad SMARTS) is 2. The van der Waals surface area contributed by atoms with E-state index in [0.29, 0.717) is 12.2 Å². The molecular formula is C20H24N2O6. The zero-order chi connectivity index (χ0) is 20.5. The molecule has 1 aromatic rings. The second kappa shape index (κ2) is 7.71. The zero-order valence-electron chi connectivity index (χ0n) is 15.7. The van der Waals surface area contributed by atoms with Crippen LogP contribution in [0.25, 0.3) is 0 Å². The lowest BCUT2D eigenvalue weighted by Crippen LogP contribution is -2.40. The van der Waals surface area contributed by atoms with Crippen LogP contribution in [-0.4, -0.2) is 52.1 Å². The van der Waals surface area contributed by atoms with Gasteiger partial charge in [-0.3, -0.25) is 10.1 Å². The van der Waals surface area contributed by atoms with Crippen LogP contribution in [0.5, 0.6) is 0 Å². The number of nitro groups is 1. The summed E-state index contributed by atoms with van der Waals surface area (Å²) in [5.41, 5.74) is 1.81. The Kier molecular flexibility index (Phi) is 5.51. The second-order valence-corrected chi connectivity index (χ2v) is 7.93. The SMILES string of the molecule is CN1CC2C3CCC(C3)C2(c2ccc([N+](=O)[O-])cc2)C1.O=C(O)/C=C/C(=O)O. The molecule has 1 saturated heterocycles. The molecule has 0 spiro atoms. The number of likely N-dealkylation sites (tertiary alicyclic amines) is 1. The Balaban J connectivity index is 0.000000242. The lowest BCUT2D eigenvalue weighted by Gasteiger charge is -2.39. The third kappa shape index (κ3) is 3.64. The first kappa shape index (κ1) is 20.0. The van der Waals surface area contributed by atoms with Crippen molar-refractivity contribution < 1.29 is 24.7 Å². The first-order valence-electron chi connectivity index (χ1n) is 9.31. The maximum atomic E-state index is 10.8. The van der Waals surface area contributed by atoms with Crippen molar-refractivity contribution in [2.75, 3.05) is 20.1 Å². The van der Waals surface area contributed by atoms with Gasteiger partial charge in [-0.15, -0.1) is 0 Å². The maximum absolute atomic E-state index is 10.8. The third-order valence-corrected chi connectivity index (χ3v) is 6.46. The second-order valence-electron chi connectivity index (χ2n) is 7.93. The Bertz CT molecular complexity index is 789. The molecule has 2 bridgehead atoms. The van der Waals surface area contributed by atoms with E-state index < -0.39 is 11.9 Å². The summed E-state index contributed by atoms with van der Waals surface area (Å²) >= 11 is 0. The molecule has 3 aliphatic rings. The molecule has 1 heterocycles. The predicted molar refractivity (Wildman–Crippen MR) is 101 cm³/mol. The van der Waals surface area contributed by atoms with Crippen molar-refractivity contribution in [3.63, 3.8) is 0 Å². The van der Waals surface area contributed by atoms with Crippen molar-refractivity contribution in [1.82, 2.24) is 4.90 Å². The number of carbonyl (C=O) groups is 2. The molecule has 4 rings (SSSR count). The summed E-state index contributed by atoms with van der Waals surface area (Å²) in [7, 11) is 2.21. The normalized spacial score (nSPS) is 30.7. The highest BCUT2D eigenvalue weighted by Gasteiger charge is 2.61. The van der Waals surface area contributed by atoms with Crippen LogP contribution in [0.4, 0.5) is 5.69 Å². The van der Waals surface area contributed by atoms with Gasteiger partial charge < -0.3 is 15.1 Å². The molecule has 0 radical (unpaired) electrons. The number of nitro benzene ring substituents is 1. The van der Waals surface area contributed by atoms with Crippen molar-refractivity contribution in [3.05, 3.63) is 52.1 Å². The van der Waals surface area contributed by atoms with Crippen LogP contribution in [0.3, 0.4) is 0 Å². The van der Waals surface area contributed by atoms with Crippen LogP contribution in [0.1, 0.15) is 24.8 Å². The van der Waals surface area contributed by atoms with Gasteiger partial charge in [-0.1, -0.05) is 12.1 Å². The molecular weight excluding hydrogens is 364 g/mol. The molecule has 4 atom stereocenters. The van der Waals surface area contributed by atoms with E-state index >= 15 is 0 Å². The van der Waals surface area contributed by atoms with Gasteiger partial charge in [-0.2, -0.15) is 0 Å². The van der Waals surface area contributed by atoms with E-state index in [0.717, 1.165) is 24.3 Å². The number of fused-ring (bicyclic) bond motifs is 5. The molecule has 28 heavy (non-hydrogen) atoms. The lowest BCUT2D eigenvalue weighted by molar-refractivity contribution is -0.384. The minimum Gasteiger partial charge on any atom is -0.478 e. The average molecular weight is 388 g/mol. The number of aliphatic carboxylic acids is 2. The van der Waals surface area contributed by atoms with Gasteiger partial charge in [-0.25, -0.2) is 9.59 Å².